The molecule has 0 aliphatic heterocycles. The maximum atomic E-state index is 9.10. The molecule has 0 heterocycles. The van der Waals surface area contributed by atoms with Crippen molar-refractivity contribution in [3.8, 4) is 5.75 Å². The summed E-state index contributed by atoms with van der Waals surface area (Å²) in [7, 11) is 0. The van der Waals surface area contributed by atoms with E-state index < -0.39 is 0 Å². The SMILES string of the molecule is CCCCO.Cc1cccc(O)c1C. The third-order valence-corrected chi connectivity index (χ3v) is 2.09. The molecular weight excluding hydrogens is 176 g/mol. The van der Waals surface area contributed by atoms with Crippen LogP contribution in [0.25, 0.3) is 0 Å². The van der Waals surface area contributed by atoms with E-state index in [1.807, 2.05) is 26.0 Å². The van der Waals surface area contributed by atoms with Crippen LogP contribution >= 0.6 is 0 Å². The van der Waals surface area contributed by atoms with Gasteiger partial charge in [0.05, 0.1) is 0 Å². The number of hydrogen-bond donors (Lipinski definition) is 2. The van der Waals surface area contributed by atoms with E-state index in [9.17, 15) is 0 Å². The van der Waals surface area contributed by atoms with Crippen molar-refractivity contribution < 1.29 is 10.2 Å². The molecular formula is C12H20O2. The van der Waals surface area contributed by atoms with Gasteiger partial charge in [-0.2, -0.15) is 0 Å². The van der Waals surface area contributed by atoms with E-state index in [1.54, 1.807) is 6.07 Å². The second-order valence-electron chi connectivity index (χ2n) is 3.30. The predicted octanol–water partition coefficient (Wildman–Crippen LogP) is 2.79. The topological polar surface area (TPSA) is 40.5 Å². The Morgan fingerprint density at radius 1 is 1.21 bits per heavy atom. The summed E-state index contributed by atoms with van der Waals surface area (Å²) in [4.78, 5) is 0. The van der Waals surface area contributed by atoms with Crippen LogP contribution in [0.5, 0.6) is 5.75 Å². The molecule has 1 aromatic rings. The van der Waals surface area contributed by atoms with Gasteiger partial charge in [-0.15, -0.1) is 0 Å². The molecule has 1 rings (SSSR count). The zero-order valence-corrected chi connectivity index (χ0v) is 9.25. The minimum absolute atomic E-state index is 0.344. The summed E-state index contributed by atoms with van der Waals surface area (Å²) < 4.78 is 0. The predicted molar refractivity (Wildman–Crippen MR) is 59.6 cm³/mol. The highest BCUT2D eigenvalue weighted by Crippen LogP contribution is 2.17. The zero-order chi connectivity index (χ0) is 11.0. The van der Waals surface area contributed by atoms with Crippen LogP contribution in [0.15, 0.2) is 18.2 Å². The number of aromatic hydroxyl groups is 1. The third kappa shape index (κ3) is 4.87. The normalized spacial score (nSPS) is 9.14. The van der Waals surface area contributed by atoms with Gasteiger partial charge in [-0.25, -0.2) is 0 Å². The number of aliphatic hydroxyl groups is 1. The first-order valence-electron chi connectivity index (χ1n) is 4.99. The van der Waals surface area contributed by atoms with Crippen molar-refractivity contribution in [3.05, 3.63) is 29.3 Å². The van der Waals surface area contributed by atoms with Gasteiger partial charge < -0.3 is 10.2 Å². The van der Waals surface area contributed by atoms with Gasteiger partial charge >= 0.3 is 0 Å². The molecule has 0 fully saturated rings. The van der Waals surface area contributed by atoms with Crippen molar-refractivity contribution in [2.75, 3.05) is 6.61 Å². The minimum atomic E-state index is 0.344. The third-order valence-electron chi connectivity index (χ3n) is 2.09. The molecule has 1 aromatic carbocycles. The van der Waals surface area contributed by atoms with E-state index >= 15 is 0 Å². The van der Waals surface area contributed by atoms with E-state index in [0.717, 1.165) is 24.0 Å². The molecule has 2 heteroatoms. The fourth-order valence-corrected chi connectivity index (χ4v) is 0.894. The van der Waals surface area contributed by atoms with Crippen LogP contribution in [0.1, 0.15) is 30.9 Å². The van der Waals surface area contributed by atoms with Crippen molar-refractivity contribution in [2.45, 2.75) is 33.6 Å². The number of aliphatic hydroxyl groups excluding tert-OH is 1. The van der Waals surface area contributed by atoms with Crippen LogP contribution in [-0.4, -0.2) is 16.8 Å². The molecule has 0 aliphatic carbocycles. The first-order valence-corrected chi connectivity index (χ1v) is 4.99. The van der Waals surface area contributed by atoms with E-state index in [1.165, 1.54) is 0 Å². The van der Waals surface area contributed by atoms with Crippen molar-refractivity contribution >= 4 is 0 Å². The Labute approximate surface area is 86.2 Å². The standard InChI is InChI=1S/C8H10O.C4H10O/c1-6-4-3-5-8(9)7(6)2;1-2-3-4-5/h3-5,9H,1-2H3;5H,2-4H2,1H3. The van der Waals surface area contributed by atoms with Crippen LogP contribution in [-0.2, 0) is 0 Å². The Morgan fingerprint density at radius 2 is 1.86 bits per heavy atom. The zero-order valence-electron chi connectivity index (χ0n) is 9.25. The van der Waals surface area contributed by atoms with Gasteiger partial charge in [0.25, 0.3) is 0 Å². The summed E-state index contributed by atoms with van der Waals surface area (Å²) in [5, 5.41) is 17.2. The first-order chi connectivity index (χ1) is 6.63. The molecule has 0 aromatic heterocycles. The van der Waals surface area contributed by atoms with Crippen molar-refractivity contribution in [3.63, 3.8) is 0 Å². The minimum Gasteiger partial charge on any atom is -0.508 e. The van der Waals surface area contributed by atoms with Crippen LogP contribution in [0, 0.1) is 13.8 Å². The fourth-order valence-electron chi connectivity index (χ4n) is 0.894. The van der Waals surface area contributed by atoms with Gasteiger partial charge in [0, 0.05) is 6.61 Å². The number of hydrogen-bond acceptors (Lipinski definition) is 2. The van der Waals surface area contributed by atoms with Gasteiger partial charge in [-0.3, -0.25) is 0 Å². The largest absolute Gasteiger partial charge is 0.508 e. The lowest BCUT2D eigenvalue weighted by atomic mass is 10.1. The monoisotopic (exact) mass is 196 g/mol. The number of aryl methyl sites for hydroxylation is 1. The van der Waals surface area contributed by atoms with Crippen molar-refractivity contribution in [2.24, 2.45) is 0 Å². The molecule has 80 valence electrons. The molecule has 0 atom stereocenters. The molecule has 0 amide bonds. The first kappa shape index (κ1) is 13.0. The lowest BCUT2D eigenvalue weighted by molar-refractivity contribution is 0.287. The lowest BCUT2D eigenvalue weighted by Crippen LogP contribution is -1.78. The highest BCUT2D eigenvalue weighted by molar-refractivity contribution is 5.36. The van der Waals surface area contributed by atoms with Gasteiger partial charge in [-0.1, -0.05) is 25.5 Å². The number of unbranched alkanes of at least 4 members (excludes halogenated alkanes) is 1. The summed E-state index contributed by atoms with van der Waals surface area (Å²) in [6.45, 7) is 6.28. The highest BCUT2D eigenvalue weighted by Gasteiger charge is 1.94. The molecule has 0 spiro atoms. The van der Waals surface area contributed by atoms with E-state index in [4.69, 9.17) is 10.2 Å². The summed E-state index contributed by atoms with van der Waals surface area (Å²) in [5.41, 5.74) is 2.10. The van der Waals surface area contributed by atoms with E-state index in [0.29, 0.717) is 12.4 Å². The summed E-state index contributed by atoms with van der Waals surface area (Å²) >= 11 is 0. The van der Waals surface area contributed by atoms with E-state index in [2.05, 4.69) is 6.92 Å². The maximum Gasteiger partial charge on any atom is 0.118 e. The van der Waals surface area contributed by atoms with Crippen LogP contribution in [0.4, 0.5) is 0 Å². The van der Waals surface area contributed by atoms with Crippen molar-refractivity contribution in [1.29, 1.82) is 0 Å². The Balaban J connectivity index is 0.000000292. The number of phenolic OH excluding ortho intramolecular Hbond substituents is 1. The second kappa shape index (κ2) is 7.39. The summed E-state index contributed by atoms with van der Waals surface area (Å²) in [5.74, 6) is 0.384. The fraction of sp³-hybridized carbons (Fsp3) is 0.500. The van der Waals surface area contributed by atoms with Gasteiger partial charge in [0.15, 0.2) is 0 Å². The molecule has 0 radical (unpaired) electrons. The van der Waals surface area contributed by atoms with Crippen LogP contribution in [0.3, 0.4) is 0 Å². The molecule has 14 heavy (non-hydrogen) atoms. The molecule has 0 saturated heterocycles. The Kier molecular flexibility index (Phi) is 6.85. The molecule has 2 nitrogen and oxygen atoms in total. The maximum absolute atomic E-state index is 9.10. The second-order valence-corrected chi connectivity index (χ2v) is 3.30. The van der Waals surface area contributed by atoms with Crippen LogP contribution in [0.2, 0.25) is 0 Å². The van der Waals surface area contributed by atoms with E-state index in [-0.39, 0.29) is 0 Å². The Bertz CT molecular complexity index is 234. The average Bonchev–Trinajstić information content (AvgIpc) is 2.16. The quantitative estimate of drug-likeness (QED) is 0.763. The molecule has 2 N–H and O–H groups in total. The molecule has 0 aliphatic rings. The molecule has 0 unspecified atom stereocenters. The lowest BCUT2D eigenvalue weighted by Gasteiger charge is -1.99. The molecule has 0 bridgehead atoms. The Hall–Kier alpha value is -1.02. The average molecular weight is 196 g/mol. The summed E-state index contributed by atoms with van der Waals surface area (Å²) in [6, 6.07) is 5.52. The van der Waals surface area contributed by atoms with Gasteiger partial charge in [0.2, 0.25) is 0 Å². The number of phenols is 1. The molecule has 0 saturated carbocycles. The van der Waals surface area contributed by atoms with Gasteiger partial charge in [0.1, 0.15) is 5.75 Å². The Morgan fingerprint density at radius 3 is 2.14 bits per heavy atom. The summed E-state index contributed by atoms with van der Waals surface area (Å²) in [6.07, 6.45) is 2.04. The van der Waals surface area contributed by atoms with Crippen LogP contribution < -0.4 is 0 Å². The van der Waals surface area contributed by atoms with Gasteiger partial charge in [-0.05, 0) is 37.5 Å². The number of rotatable bonds is 2. The highest BCUT2D eigenvalue weighted by atomic mass is 16.3. The smallest absolute Gasteiger partial charge is 0.118 e. The number of benzene rings is 1. The van der Waals surface area contributed by atoms with Crippen molar-refractivity contribution in [1.82, 2.24) is 0 Å².